The first-order chi connectivity index (χ1) is 13.6. The Morgan fingerprint density at radius 2 is 2.07 bits per heavy atom. The van der Waals surface area contributed by atoms with E-state index >= 15 is 0 Å². The SMILES string of the molecule is CSc1nc2n(n1)C(c1ccc(Cl)cc1)C1=C(CC(c3ccco3)CC1=O)N2. The molecule has 1 aromatic carbocycles. The molecule has 8 heteroatoms. The predicted octanol–water partition coefficient (Wildman–Crippen LogP) is 4.66. The van der Waals surface area contributed by atoms with E-state index in [9.17, 15) is 4.79 Å². The summed E-state index contributed by atoms with van der Waals surface area (Å²) in [6, 6.07) is 11.0. The summed E-state index contributed by atoms with van der Waals surface area (Å²) in [5.41, 5.74) is 2.60. The summed E-state index contributed by atoms with van der Waals surface area (Å²) < 4.78 is 7.37. The normalized spacial score (nSPS) is 21.3. The van der Waals surface area contributed by atoms with Gasteiger partial charge in [0.05, 0.1) is 6.26 Å². The van der Waals surface area contributed by atoms with Crippen LogP contribution in [0.25, 0.3) is 0 Å². The Kier molecular flexibility index (Phi) is 4.29. The van der Waals surface area contributed by atoms with Gasteiger partial charge in [-0.3, -0.25) is 4.79 Å². The Morgan fingerprint density at radius 3 is 2.79 bits per heavy atom. The molecule has 3 heterocycles. The van der Waals surface area contributed by atoms with Gasteiger partial charge >= 0.3 is 0 Å². The molecule has 28 heavy (non-hydrogen) atoms. The minimum Gasteiger partial charge on any atom is -0.469 e. The Morgan fingerprint density at radius 1 is 1.25 bits per heavy atom. The summed E-state index contributed by atoms with van der Waals surface area (Å²) in [4.78, 5) is 17.8. The third-order valence-electron chi connectivity index (χ3n) is 5.21. The molecule has 0 saturated heterocycles. The van der Waals surface area contributed by atoms with Gasteiger partial charge in [0.25, 0.3) is 0 Å². The molecule has 1 aliphatic heterocycles. The van der Waals surface area contributed by atoms with E-state index < -0.39 is 0 Å². The van der Waals surface area contributed by atoms with Gasteiger partial charge in [0.1, 0.15) is 11.8 Å². The summed E-state index contributed by atoms with van der Waals surface area (Å²) in [5.74, 6) is 1.61. The van der Waals surface area contributed by atoms with Crippen LogP contribution < -0.4 is 5.32 Å². The number of allylic oxidation sites excluding steroid dienone is 2. The fraction of sp³-hybridized carbons (Fsp3) is 0.250. The molecule has 2 atom stereocenters. The maximum atomic E-state index is 13.2. The predicted molar refractivity (Wildman–Crippen MR) is 108 cm³/mol. The molecule has 0 amide bonds. The Bertz CT molecular complexity index is 1070. The molecule has 2 unspecified atom stereocenters. The number of furan rings is 1. The lowest BCUT2D eigenvalue weighted by molar-refractivity contribution is -0.117. The molecular weight excluding hydrogens is 396 g/mol. The Labute approximate surface area is 171 Å². The van der Waals surface area contributed by atoms with Gasteiger partial charge < -0.3 is 9.73 Å². The highest BCUT2D eigenvalue weighted by molar-refractivity contribution is 7.98. The van der Waals surface area contributed by atoms with Crippen molar-refractivity contribution in [2.24, 2.45) is 0 Å². The van der Waals surface area contributed by atoms with E-state index in [4.69, 9.17) is 16.0 Å². The van der Waals surface area contributed by atoms with E-state index in [0.717, 1.165) is 22.6 Å². The van der Waals surface area contributed by atoms with Gasteiger partial charge in [-0.25, -0.2) is 4.68 Å². The summed E-state index contributed by atoms with van der Waals surface area (Å²) >= 11 is 7.55. The zero-order valence-electron chi connectivity index (χ0n) is 15.1. The molecular formula is C20H17ClN4O2S. The third kappa shape index (κ3) is 2.86. The van der Waals surface area contributed by atoms with Crippen LogP contribution in [0.4, 0.5) is 5.95 Å². The highest BCUT2D eigenvalue weighted by Crippen LogP contribution is 2.44. The zero-order valence-corrected chi connectivity index (χ0v) is 16.6. The van der Waals surface area contributed by atoms with E-state index in [1.165, 1.54) is 11.8 Å². The molecule has 0 fully saturated rings. The van der Waals surface area contributed by atoms with Gasteiger partial charge in [-0.2, -0.15) is 4.98 Å². The number of benzene rings is 1. The smallest absolute Gasteiger partial charge is 0.227 e. The van der Waals surface area contributed by atoms with Crippen molar-refractivity contribution in [1.29, 1.82) is 0 Å². The van der Waals surface area contributed by atoms with E-state index in [2.05, 4.69) is 15.4 Å². The molecule has 1 aliphatic carbocycles. The molecule has 1 N–H and O–H groups in total. The molecule has 0 radical (unpaired) electrons. The summed E-state index contributed by atoms with van der Waals surface area (Å²) in [7, 11) is 0. The van der Waals surface area contributed by atoms with Crippen LogP contribution in [0.3, 0.4) is 0 Å². The van der Waals surface area contributed by atoms with Crippen molar-refractivity contribution in [3.8, 4) is 0 Å². The van der Waals surface area contributed by atoms with Crippen LogP contribution in [0.5, 0.6) is 0 Å². The molecule has 5 rings (SSSR count). The number of halogens is 1. The quantitative estimate of drug-likeness (QED) is 0.630. The number of hydrogen-bond acceptors (Lipinski definition) is 6. The zero-order chi connectivity index (χ0) is 19.3. The number of hydrogen-bond donors (Lipinski definition) is 1. The molecule has 6 nitrogen and oxygen atoms in total. The fourth-order valence-corrected chi connectivity index (χ4v) is 4.43. The lowest BCUT2D eigenvalue weighted by Crippen LogP contribution is -2.33. The lowest BCUT2D eigenvalue weighted by Gasteiger charge is -2.34. The maximum absolute atomic E-state index is 13.2. The molecule has 0 saturated carbocycles. The molecule has 3 aromatic rings. The highest BCUT2D eigenvalue weighted by Gasteiger charge is 2.40. The number of rotatable bonds is 3. The van der Waals surface area contributed by atoms with E-state index in [1.54, 1.807) is 10.9 Å². The second-order valence-electron chi connectivity index (χ2n) is 6.88. The lowest BCUT2D eigenvalue weighted by atomic mass is 9.79. The van der Waals surface area contributed by atoms with Crippen molar-refractivity contribution in [1.82, 2.24) is 14.8 Å². The number of ketones is 1. The van der Waals surface area contributed by atoms with Crippen LogP contribution in [0.15, 0.2) is 63.5 Å². The van der Waals surface area contributed by atoms with Gasteiger partial charge in [0.2, 0.25) is 11.1 Å². The van der Waals surface area contributed by atoms with E-state index in [0.29, 0.717) is 29.0 Å². The van der Waals surface area contributed by atoms with Crippen molar-refractivity contribution in [3.63, 3.8) is 0 Å². The number of anilines is 1. The first-order valence-electron chi connectivity index (χ1n) is 8.96. The Balaban J connectivity index is 1.63. The Hall–Kier alpha value is -2.51. The summed E-state index contributed by atoms with van der Waals surface area (Å²) in [5, 5.41) is 9.29. The van der Waals surface area contributed by atoms with Crippen LogP contribution in [-0.4, -0.2) is 26.8 Å². The van der Waals surface area contributed by atoms with Crippen LogP contribution in [0, 0.1) is 0 Å². The number of fused-ring (bicyclic) bond motifs is 1. The number of carbonyl (C=O) groups is 1. The monoisotopic (exact) mass is 412 g/mol. The number of nitrogens with zero attached hydrogens (tertiary/aromatic N) is 3. The van der Waals surface area contributed by atoms with Gasteiger partial charge in [0.15, 0.2) is 5.78 Å². The van der Waals surface area contributed by atoms with Crippen molar-refractivity contribution in [2.45, 2.75) is 30.0 Å². The van der Waals surface area contributed by atoms with Crippen LogP contribution in [0.1, 0.15) is 36.1 Å². The number of nitrogens with one attached hydrogen (secondary N) is 1. The van der Waals surface area contributed by atoms with Crippen LogP contribution >= 0.6 is 23.4 Å². The second-order valence-corrected chi connectivity index (χ2v) is 8.09. The summed E-state index contributed by atoms with van der Waals surface area (Å²) in [6.45, 7) is 0. The van der Waals surface area contributed by atoms with E-state index in [1.807, 2.05) is 42.7 Å². The van der Waals surface area contributed by atoms with E-state index in [-0.39, 0.29) is 17.7 Å². The third-order valence-corrected chi connectivity index (χ3v) is 6.00. The molecule has 2 aliphatic rings. The largest absolute Gasteiger partial charge is 0.469 e. The van der Waals surface area contributed by atoms with Crippen molar-refractivity contribution < 1.29 is 9.21 Å². The van der Waals surface area contributed by atoms with Gasteiger partial charge in [-0.05, 0) is 42.5 Å². The molecule has 142 valence electrons. The summed E-state index contributed by atoms with van der Waals surface area (Å²) in [6.07, 6.45) is 4.69. The van der Waals surface area contributed by atoms with Crippen molar-refractivity contribution in [2.75, 3.05) is 11.6 Å². The first kappa shape index (κ1) is 17.6. The average Bonchev–Trinajstić information content (AvgIpc) is 3.36. The molecule has 0 bridgehead atoms. The standard InChI is InChI=1S/C20H17ClN4O2S/c1-28-20-23-19-22-14-9-12(16-3-2-8-27-16)10-15(26)17(14)18(25(19)24-20)11-4-6-13(21)7-5-11/h2-8,12,18H,9-10H2,1H3,(H,22,23,24). The minimum atomic E-state index is -0.318. The maximum Gasteiger partial charge on any atom is 0.227 e. The number of thioether (sulfide) groups is 1. The van der Waals surface area contributed by atoms with Gasteiger partial charge in [0, 0.05) is 28.6 Å². The second kappa shape index (κ2) is 6.83. The van der Waals surface area contributed by atoms with Gasteiger partial charge in [-0.15, -0.1) is 5.10 Å². The van der Waals surface area contributed by atoms with Crippen molar-refractivity contribution >= 4 is 35.1 Å². The fourth-order valence-electron chi connectivity index (χ4n) is 3.96. The number of Topliss-reactive ketones (excluding diaryl/α,β-unsaturated/α-hetero) is 1. The topological polar surface area (TPSA) is 73.0 Å². The molecule has 2 aromatic heterocycles. The number of aromatic nitrogens is 3. The highest BCUT2D eigenvalue weighted by atomic mass is 35.5. The van der Waals surface area contributed by atoms with Crippen LogP contribution in [0.2, 0.25) is 5.02 Å². The average molecular weight is 413 g/mol. The van der Waals surface area contributed by atoms with Gasteiger partial charge in [-0.1, -0.05) is 35.5 Å². The molecule has 0 spiro atoms. The number of carbonyl (C=O) groups excluding carboxylic acids is 1. The van der Waals surface area contributed by atoms with Crippen molar-refractivity contribution in [3.05, 3.63) is 70.3 Å². The first-order valence-corrected chi connectivity index (χ1v) is 10.6. The minimum absolute atomic E-state index is 0.0223. The van der Waals surface area contributed by atoms with Crippen LogP contribution in [-0.2, 0) is 4.79 Å².